The summed E-state index contributed by atoms with van der Waals surface area (Å²) in [5.41, 5.74) is 0. The zero-order valence-electron chi connectivity index (χ0n) is 3.14. The SMILES string of the molecule is S=[PH]1OCCS1. The van der Waals surface area contributed by atoms with Gasteiger partial charge in [-0.1, -0.05) is 23.2 Å². The molecule has 0 amide bonds. The van der Waals surface area contributed by atoms with Gasteiger partial charge in [0.05, 0.1) is 6.61 Å². The van der Waals surface area contributed by atoms with Crippen molar-refractivity contribution in [3.8, 4) is 0 Å². The van der Waals surface area contributed by atoms with Gasteiger partial charge in [0.2, 0.25) is 0 Å². The third-order valence-corrected chi connectivity index (χ3v) is 4.66. The average molecular weight is 140 g/mol. The smallest absolute Gasteiger partial charge is 0.107 e. The first-order valence-corrected chi connectivity index (χ1v) is 5.94. The van der Waals surface area contributed by atoms with Crippen molar-refractivity contribution in [2.24, 2.45) is 0 Å². The largest absolute Gasteiger partial charge is 0.343 e. The summed E-state index contributed by atoms with van der Waals surface area (Å²) in [5.74, 6) is 1.12. The molecule has 1 aliphatic rings. The summed E-state index contributed by atoms with van der Waals surface area (Å²) in [4.78, 5) is 0. The standard InChI is InChI=1S/C2H5OPS2/c5-4-3-1-2-6-4/h4H,1-2H2. The van der Waals surface area contributed by atoms with Gasteiger partial charge in [-0.15, -0.1) is 0 Å². The minimum absolute atomic E-state index is 0.757. The Morgan fingerprint density at radius 2 is 2.67 bits per heavy atom. The summed E-state index contributed by atoms with van der Waals surface area (Å²) in [6.07, 6.45) is -0.757. The normalized spacial score (nSPS) is 34.3. The molecule has 1 fully saturated rings. The van der Waals surface area contributed by atoms with Gasteiger partial charge < -0.3 is 4.52 Å². The van der Waals surface area contributed by atoms with Crippen molar-refractivity contribution < 1.29 is 4.52 Å². The van der Waals surface area contributed by atoms with E-state index >= 15 is 0 Å². The van der Waals surface area contributed by atoms with Crippen molar-refractivity contribution in [3.63, 3.8) is 0 Å². The monoisotopic (exact) mass is 140 g/mol. The molecular weight excluding hydrogens is 135 g/mol. The van der Waals surface area contributed by atoms with Crippen molar-refractivity contribution in [1.82, 2.24) is 0 Å². The second-order valence-electron chi connectivity index (χ2n) is 0.947. The Balaban J connectivity index is 2.37. The van der Waals surface area contributed by atoms with Gasteiger partial charge in [-0.25, -0.2) is 0 Å². The van der Waals surface area contributed by atoms with E-state index in [1.54, 1.807) is 11.4 Å². The number of rotatable bonds is 0. The molecule has 1 heterocycles. The Labute approximate surface area is 46.7 Å². The molecule has 0 aromatic rings. The van der Waals surface area contributed by atoms with Crippen LogP contribution in [0, 0.1) is 0 Å². The summed E-state index contributed by atoms with van der Waals surface area (Å²) in [7, 11) is 0. The Morgan fingerprint density at radius 1 is 1.83 bits per heavy atom. The molecule has 0 saturated carbocycles. The van der Waals surface area contributed by atoms with E-state index in [2.05, 4.69) is 0 Å². The van der Waals surface area contributed by atoms with E-state index in [0.717, 1.165) is 12.4 Å². The maximum Gasteiger partial charge on any atom is 0.107 e. The lowest BCUT2D eigenvalue weighted by Gasteiger charge is -1.82. The highest BCUT2D eigenvalue weighted by Crippen LogP contribution is 2.44. The van der Waals surface area contributed by atoms with Gasteiger partial charge in [-0.05, 0) is 0 Å². The van der Waals surface area contributed by atoms with E-state index in [-0.39, 0.29) is 0 Å². The lowest BCUT2D eigenvalue weighted by Crippen LogP contribution is -1.74. The van der Waals surface area contributed by atoms with Crippen LogP contribution in [0.2, 0.25) is 0 Å². The highest BCUT2D eigenvalue weighted by atomic mass is 32.9. The van der Waals surface area contributed by atoms with E-state index < -0.39 is 6.13 Å². The Hall–Kier alpha value is 0.960. The lowest BCUT2D eigenvalue weighted by atomic mass is 10.9. The van der Waals surface area contributed by atoms with Crippen LogP contribution in [0.5, 0.6) is 0 Å². The molecule has 4 heteroatoms. The molecule has 1 saturated heterocycles. The number of hydrogen-bond acceptors (Lipinski definition) is 3. The first kappa shape index (κ1) is 5.10. The van der Waals surface area contributed by atoms with Gasteiger partial charge in [-0.3, -0.25) is 0 Å². The predicted molar refractivity (Wildman–Crippen MR) is 34.1 cm³/mol. The summed E-state index contributed by atoms with van der Waals surface area (Å²) in [5, 5.41) is 0. The molecule has 1 nitrogen and oxygen atoms in total. The highest BCUT2D eigenvalue weighted by molar-refractivity contribution is 8.63. The molecule has 36 valence electrons. The zero-order chi connectivity index (χ0) is 4.41. The Morgan fingerprint density at radius 3 is 2.83 bits per heavy atom. The molecule has 0 aromatic carbocycles. The van der Waals surface area contributed by atoms with Crippen molar-refractivity contribution in [2.75, 3.05) is 12.4 Å². The zero-order valence-corrected chi connectivity index (χ0v) is 5.77. The molecule has 0 aromatic heterocycles. The molecule has 1 unspecified atom stereocenters. The first-order valence-electron chi connectivity index (χ1n) is 1.69. The molecule has 1 atom stereocenters. The van der Waals surface area contributed by atoms with Crippen LogP contribution in [0.1, 0.15) is 0 Å². The van der Waals surface area contributed by atoms with Crippen molar-refractivity contribution in [2.45, 2.75) is 0 Å². The minimum atomic E-state index is -0.757. The minimum Gasteiger partial charge on any atom is -0.343 e. The summed E-state index contributed by atoms with van der Waals surface area (Å²) in [6, 6.07) is 0. The van der Waals surface area contributed by atoms with E-state index in [1.807, 2.05) is 0 Å². The van der Waals surface area contributed by atoms with Gasteiger partial charge in [0, 0.05) is 5.75 Å². The molecule has 0 N–H and O–H groups in total. The summed E-state index contributed by atoms with van der Waals surface area (Å²) >= 11 is 6.64. The van der Waals surface area contributed by atoms with E-state index in [9.17, 15) is 0 Å². The van der Waals surface area contributed by atoms with Crippen LogP contribution in [0.3, 0.4) is 0 Å². The van der Waals surface area contributed by atoms with Crippen LogP contribution in [0.4, 0.5) is 0 Å². The van der Waals surface area contributed by atoms with Crippen LogP contribution in [0.25, 0.3) is 0 Å². The Bertz CT molecular complexity index is 65.9. The topological polar surface area (TPSA) is 9.23 Å². The fourth-order valence-electron chi connectivity index (χ4n) is 0.292. The molecule has 0 spiro atoms. The molecule has 1 rings (SSSR count). The van der Waals surface area contributed by atoms with E-state index in [0.29, 0.717) is 0 Å². The van der Waals surface area contributed by atoms with Crippen LogP contribution in [-0.4, -0.2) is 12.4 Å². The van der Waals surface area contributed by atoms with Gasteiger partial charge in [0.1, 0.15) is 6.13 Å². The quantitative estimate of drug-likeness (QED) is 0.469. The van der Waals surface area contributed by atoms with Gasteiger partial charge in [-0.2, -0.15) is 0 Å². The van der Waals surface area contributed by atoms with E-state index in [4.69, 9.17) is 16.3 Å². The molecule has 6 heavy (non-hydrogen) atoms. The molecule has 0 bridgehead atoms. The van der Waals surface area contributed by atoms with Gasteiger partial charge in [0.25, 0.3) is 0 Å². The second kappa shape index (κ2) is 2.31. The first-order chi connectivity index (χ1) is 2.89. The fraction of sp³-hybridized carbons (Fsp3) is 1.00. The van der Waals surface area contributed by atoms with Crippen LogP contribution < -0.4 is 0 Å². The maximum absolute atomic E-state index is 5.03. The molecular formula is C2H5OPS2. The van der Waals surface area contributed by atoms with Crippen molar-refractivity contribution >= 4 is 29.3 Å². The third kappa shape index (κ3) is 1.23. The van der Waals surface area contributed by atoms with Crippen LogP contribution in [-0.2, 0) is 16.3 Å². The lowest BCUT2D eigenvalue weighted by molar-refractivity contribution is 0.408. The third-order valence-electron chi connectivity index (χ3n) is 0.523. The molecule has 0 radical (unpaired) electrons. The Kier molecular flexibility index (Phi) is 1.97. The maximum atomic E-state index is 5.03. The van der Waals surface area contributed by atoms with Crippen molar-refractivity contribution in [1.29, 1.82) is 0 Å². The average Bonchev–Trinajstić information content (AvgIpc) is 1.86. The second-order valence-corrected chi connectivity index (χ2v) is 6.30. The van der Waals surface area contributed by atoms with Gasteiger partial charge >= 0.3 is 0 Å². The summed E-state index contributed by atoms with van der Waals surface area (Å²) < 4.78 is 5.03. The molecule has 0 aliphatic carbocycles. The predicted octanol–water partition coefficient (Wildman–Crippen LogP) is 1.26. The van der Waals surface area contributed by atoms with Gasteiger partial charge in [0.15, 0.2) is 0 Å². The van der Waals surface area contributed by atoms with E-state index in [1.165, 1.54) is 0 Å². The van der Waals surface area contributed by atoms with Crippen LogP contribution >= 0.6 is 17.5 Å². The fourth-order valence-corrected chi connectivity index (χ4v) is 3.37. The molecule has 1 aliphatic heterocycles. The van der Waals surface area contributed by atoms with Crippen molar-refractivity contribution in [3.05, 3.63) is 0 Å². The highest BCUT2D eigenvalue weighted by Gasteiger charge is 2.02. The van der Waals surface area contributed by atoms with Crippen LogP contribution in [0.15, 0.2) is 0 Å². The number of hydrogen-bond donors (Lipinski definition) is 0. The summed E-state index contributed by atoms with van der Waals surface area (Å²) in [6.45, 7) is 0.891.